The largest absolute Gasteiger partial charge is 0.394 e. The number of hydrogen-bond acceptors (Lipinski definition) is 4. The minimum absolute atomic E-state index is 0.0107. The van der Waals surface area contributed by atoms with Crippen LogP contribution in [0.1, 0.15) is 367 Å². The molecule has 0 aromatic carbocycles. The number of unbranched alkanes of at least 4 members (excludes halogenated alkanes) is 50. The maximum absolute atomic E-state index is 12.6. The van der Waals surface area contributed by atoms with Gasteiger partial charge >= 0.3 is 0 Å². The van der Waals surface area contributed by atoms with Crippen molar-refractivity contribution >= 4 is 5.91 Å². The summed E-state index contributed by atoms with van der Waals surface area (Å²) in [5.74, 6) is -0.317. The standard InChI is InChI=1S/C66H129NO4/c1-3-5-7-9-11-13-15-17-19-21-23-25-27-28-29-30-31-32-33-34-35-36-38-39-41-43-45-47-49-51-53-55-57-59-63(69)61-66(71)67-64(62-68)65(70)60-58-56-54-52-50-48-46-44-42-40-37-26-24-22-20-18-16-14-12-10-8-6-4-2/h50,52,58,60,63-65,68-70H,3-49,51,53-57,59,61-62H2,1-2H3,(H,67,71)/b52-50+,60-58+. The fourth-order valence-corrected chi connectivity index (χ4v) is 10.5. The second-order valence-electron chi connectivity index (χ2n) is 22.7. The van der Waals surface area contributed by atoms with Crippen molar-refractivity contribution in [1.82, 2.24) is 5.32 Å². The lowest BCUT2D eigenvalue weighted by Gasteiger charge is -2.21. The summed E-state index contributed by atoms with van der Waals surface area (Å²) in [5, 5.41) is 33.5. The van der Waals surface area contributed by atoms with E-state index in [-0.39, 0.29) is 18.9 Å². The van der Waals surface area contributed by atoms with Crippen LogP contribution in [0.25, 0.3) is 0 Å². The third-order valence-corrected chi connectivity index (χ3v) is 15.5. The number of nitrogens with one attached hydrogen (secondary N) is 1. The fourth-order valence-electron chi connectivity index (χ4n) is 10.5. The van der Waals surface area contributed by atoms with E-state index in [1.807, 2.05) is 6.08 Å². The van der Waals surface area contributed by atoms with E-state index in [1.165, 1.54) is 308 Å². The quantitative estimate of drug-likeness (QED) is 0.0361. The molecule has 3 atom stereocenters. The number of allylic oxidation sites excluding steroid dienone is 3. The van der Waals surface area contributed by atoms with E-state index in [2.05, 4.69) is 31.3 Å². The molecule has 0 fully saturated rings. The maximum Gasteiger partial charge on any atom is 0.222 e. The fraction of sp³-hybridized carbons (Fsp3) is 0.924. The van der Waals surface area contributed by atoms with Crippen LogP contribution in [0.5, 0.6) is 0 Å². The van der Waals surface area contributed by atoms with Crippen LogP contribution in [0.2, 0.25) is 0 Å². The van der Waals surface area contributed by atoms with Crippen molar-refractivity contribution < 1.29 is 20.1 Å². The zero-order valence-electron chi connectivity index (χ0n) is 48.4. The predicted molar refractivity (Wildman–Crippen MR) is 315 cm³/mol. The summed E-state index contributed by atoms with van der Waals surface area (Å²) in [6.07, 6.45) is 79.9. The molecule has 0 bridgehead atoms. The van der Waals surface area contributed by atoms with Crippen LogP contribution in [-0.2, 0) is 4.79 Å². The first-order valence-corrected chi connectivity index (χ1v) is 32.6. The van der Waals surface area contributed by atoms with Crippen molar-refractivity contribution in [2.45, 2.75) is 385 Å². The van der Waals surface area contributed by atoms with E-state index in [0.29, 0.717) is 6.42 Å². The second kappa shape index (κ2) is 61.4. The molecule has 0 aliphatic rings. The van der Waals surface area contributed by atoms with Gasteiger partial charge in [-0.1, -0.05) is 353 Å². The molecule has 0 aliphatic heterocycles. The van der Waals surface area contributed by atoms with Crippen LogP contribution >= 0.6 is 0 Å². The Hall–Kier alpha value is -1.17. The molecule has 422 valence electrons. The molecule has 0 spiro atoms. The lowest BCUT2D eigenvalue weighted by atomic mass is 10.0. The third kappa shape index (κ3) is 58.0. The van der Waals surface area contributed by atoms with Crippen molar-refractivity contribution in [3.05, 3.63) is 24.3 Å². The molecular formula is C66H129NO4. The summed E-state index contributed by atoms with van der Waals surface area (Å²) in [4.78, 5) is 12.6. The maximum atomic E-state index is 12.6. The van der Waals surface area contributed by atoms with Crippen molar-refractivity contribution in [2.75, 3.05) is 6.61 Å². The van der Waals surface area contributed by atoms with Gasteiger partial charge in [-0.05, 0) is 32.1 Å². The molecule has 0 heterocycles. The topological polar surface area (TPSA) is 89.8 Å². The summed E-state index contributed by atoms with van der Waals surface area (Å²) in [6.45, 7) is 4.25. The molecule has 1 amide bonds. The molecule has 4 N–H and O–H groups in total. The van der Waals surface area contributed by atoms with Crippen molar-refractivity contribution in [3.8, 4) is 0 Å². The van der Waals surface area contributed by atoms with Crippen molar-refractivity contribution in [2.24, 2.45) is 0 Å². The minimum Gasteiger partial charge on any atom is -0.394 e. The number of aliphatic hydroxyl groups is 3. The second-order valence-corrected chi connectivity index (χ2v) is 22.7. The smallest absolute Gasteiger partial charge is 0.222 e. The van der Waals surface area contributed by atoms with Crippen LogP contribution in [0.4, 0.5) is 0 Å². The van der Waals surface area contributed by atoms with E-state index in [1.54, 1.807) is 6.08 Å². The highest BCUT2D eigenvalue weighted by molar-refractivity contribution is 5.76. The average molecular weight is 1000 g/mol. The first-order valence-electron chi connectivity index (χ1n) is 32.6. The van der Waals surface area contributed by atoms with Crippen LogP contribution < -0.4 is 5.32 Å². The Morgan fingerprint density at radius 3 is 0.901 bits per heavy atom. The monoisotopic (exact) mass is 1000 g/mol. The molecule has 0 aromatic rings. The number of aliphatic hydroxyl groups excluding tert-OH is 3. The Morgan fingerprint density at radius 1 is 0.352 bits per heavy atom. The highest BCUT2D eigenvalue weighted by Gasteiger charge is 2.20. The molecule has 0 aromatic heterocycles. The molecule has 0 saturated carbocycles. The van der Waals surface area contributed by atoms with Gasteiger partial charge in [-0.2, -0.15) is 0 Å². The highest BCUT2D eigenvalue weighted by atomic mass is 16.3. The highest BCUT2D eigenvalue weighted by Crippen LogP contribution is 2.19. The number of carbonyl (C=O) groups excluding carboxylic acids is 1. The lowest BCUT2D eigenvalue weighted by Crippen LogP contribution is -2.45. The Morgan fingerprint density at radius 2 is 0.606 bits per heavy atom. The van der Waals surface area contributed by atoms with Gasteiger partial charge in [0, 0.05) is 0 Å². The summed E-state index contributed by atoms with van der Waals surface area (Å²) >= 11 is 0. The third-order valence-electron chi connectivity index (χ3n) is 15.5. The molecule has 0 saturated heterocycles. The number of carbonyl (C=O) groups is 1. The van der Waals surface area contributed by atoms with Gasteiger partial charge in [0.15, 0.2) is 0 Å². The Labute approximate surface area is 445 Å². The molecule has 71 heavy (non-hydrogen) atoms. The Bertz CT molecular complexity index is 1060. The van der Waals surface area contributed by atoms with Gasteiger partial charge in [-0.25, -0.2) is 0 Å². The van der Waals surface area contributed by atoms with Gasteiger partial charge in [0.25, 0.3) is 0 Å². The number of rotatable bonds is 61. The van der Waals surface area contributed by atoms with E-state index in [9.17, 15) is 20.1 Å². The Balaban J connectivity index is 3.50. The minimum atomic E-state index is -0.951. The number of amides is 1. The summed E-state index contributed by atoms with van der Waals surface area (Å²) < 4.78 is 0. The van der Waals surface area contributed by atoms with Crippen LogP contribution in [0, 0.1) is 0 Å². The van der Waals surface area contributed by atoms with Gasteiger partial charge in [0.05, 0.1) is 31.3 Å². The van der Waals surface area contributed by atoms with Crippen LogP contribution in [0.3, 0.4) is 0 Å². The summed E-state index contributed by atoms with van der Waals surface area (Å²) in [7, 11) is 0. The van der Waals surface area contributed by atoms with Gasteiger partial charge in [0.1, 0.15) is 0 Å². The van der Waals surface area contributed by atoms with E-state index in [4.69, 9.17) is 0 Å². The van der Waals surface area contributed by atoms with Gasteiger partial charge in [-0.15, -0.1) is 0 Å². The molecule has 5 nitrogen and oxygen atoms in total. The number of hydrogen-bond donors (Lipinski definition) is 4. The summed E-state index contributed by atoms with van der Waals surface area (Å²) in [6, 6.07) is -0.760. The van der Waals surface area contributed by atoms with E-state index >= 15 is 0 Å². The first-order chi connectivity index (χ1) is 35.0. The van der Waals surface area contributed by atoms with E-state index < -0.39 is 18.2 Å². The lowest BCUT2D eigenvalue weighted by molar-refractivity contribution is -0.124. The van der Waals surface area contributed by atoms with Crippen molar-refractivity contribution in [3.63, 3.8) is 0 Å². The van der Waals surface area contributed by atoms with Gasteiger partial charge in [-0.3, -0.25) is 4.79 Å². The molecular weight excluding hydrogens is 871 g/mol. The summed E-state index contributed by atoms with van der Waals surface area (Å²) in [5.41, 5.74) is 0. The van der Waals surface area contributed by atoms with Gasteiger partial charge < -0.3 is 20.6 Å². The molecule has 3 unspecified atom stereocenters. The molecule has 0 radical (unpaired) electrons. The zero-order chi connectivity index (χ0) is 51.4. The predicted octanol–water partition coefficient (Wildman–Crippen LogP) is 20.8. The van der Waals surface area contributed by atoms with Crippen molar-refractivity contribution in [1.29, 1.82) is 0 Å². The zero-order valence-corrected chi connectivity index (χ0v) is 48.4. The van der Waals surface area contributed by atoms with Crippen LogP contribution in [-0.4, -0.2) is 46.1 Å². The SMILES string of the molecule is CCCCCCCCCCCCCCCCCCC/C=C/CC/C=C/C(O)C(CO)NC(=O)CC(O)CCCCCCCCCCCCCCCCCCCCCCCCCCCCCCCCCCC. The van der Waals surface area contributed by atoms with E-state index in [0.717, 1.165) is 32.1 Å². The molecule has 0 aliphatic carbocycles. The van der Waals surface area contributed by atoms with Gasteiger partial charge in [0.2, 0.25) is 5.91 Å². The first kappa shape index (κ1) is 69.8. The normalized spacial score (nSPS) is 13.3. The Kier molecular flexibility index (Phi) is 60.4. The average Bonchev–Trinajstić information content (AvgIpc) is 3.37. The molecule has 5 heteroatoms. The van der Waals surface area contributed by atoms with Crippen LogP contribution in [0.15, 0.2) is 24.3 Å². The molecule has 0 rings (SSSR count).